The number of carbonyl (C=O) groups is 2. The summed E-state index contributed by atoms with van der Waals surface area (Å²) in [7, 11) is 1.66. The molecule has 1 aromatic heterocycles. The summed E-state index contributed by atoms with van der Waals surface area (Å²) in [5.41, 5.74) is 0.907. The van der Waals surface area contributed by atoms with Crippen LogP contribution in [0.15, 0.2) is 17.3 Å². The fraction of sp³-hybridized carbons (Fsp3) is 0.522. The number of methoxy groups -OCH3 is 1. The Labute approximate surface area is 198 Å². The van der Waals surface area contributed by atoms with E-state index < -0.39 is 34.5 Å². The van der Waals surface area contributed by atoms with Crippen molar-refractivity contribution in [2.45, 2.75) is 53.9 Å². The van der Waals surface area contributed by atoms with Gasteiger partial charge in [-0.15, -0.1) is 4.31 Å². The predicted octanol–water partition coefficient (Wildman–Crippen LogP) is 2.26. The molecular weight excluding hydrogens is 459 g/mol. The molecule has 4 heterocycles. The highest BCUT2D eigenvalue weighted by Crippen LogP contribution is 2.58. The Morgan fingerprint density at radius 1 is 1.32 bits per heavy atom. The molecule has 1 aliphatic carbocycles. The van der Waals surface area contributed by atoms with Crippen molar-refractivity contribution in [1.82, 2.24) is 19.5 Å². The van der Waals surface area contributed by atoms with Gasteiger partial charge >= 0.3 is 0 Å². The fourth-order valence-corrected chi connectivity index (χ4v) is 8.65. The fourth-order valence-electron chi connectivity index (χ4n) is 5.66. The molecule has 34 heavy (non-hydrogen) atoms. The number of ketones is 2. The highest BCUT2D eigenvalue weighted by molar-refractivity contribution is 7.95. The molecule has 5 unspecified atom stereocenters. The average Bonchev–Trinajstić information content (AvgIpc) is 3.40. The van der Waals surface area contributed by atoms with E-state index in [1.807, 2.05) is 6.07 Å². The lowest BCUT2D eigenvalue weighted by atomic mass is 9.86. The maximum absolute atomic E-state index is 15.8. The maximum Gasteiger partial charge on any atom is 0.250 e. The number of Topliss-reactive ketones (excluding diaryl/α,β-unsaturated/α-hetero) is 2. The molecule has 1 saturated heterocycles. The lowest BCUT2D eigenvalue weighted by Crippen LogP contribution is -2.44. The van der Waals surface area contributed by atoms with Crippen LogP contribution in [0, 0.1) is 23.1 Å². The SMILES string of the molecule is COC1C(C2CC2)c2c3c(cc(F)c2[S+]1N1CCCC(c2ncn[nH]2)C1)C(=O)C(=O)C(C#N)N3. The van der Waals surface area contributed by atoms with Crippen LogP contribution in [0.5, 0.6) is 0 Å². The quantitative estimate of drug-likeness (QED) is 0.501. The molecule has 6 rings (SSSR count). The Morgan fingerprint density at radius 2 is 2.15 bits per heavy atom. The topological polar surface area (TPSA) is 124 Å². The van der Waals surface area contributed by atoms with Crippen molar-refractivity contribution >= 4 is 28.3 Å². The van der Waals surface area contributed by atoms with Gasteiger partial charge in [-0.1, -0.05) is 0 Å². The van der Waals surface area contributed by atoms with E-state index in [0.717, 1.165) is 43.6 Å². The maximum atomic E-state index is 15.8. The Morgan fingerprint density at radius 3 is 2.82 bits per heavy atom. The van der Waals surface area contributed by atoms with Crippen LogP contribution < -0.4 is 5.32 Å². The number of carbonyl (C=O) groups excluding carboxylic acids is 2. The second kappa shape index (κ2) is 8.15. The van der Waals surface area contributed by atoms with Crippen LogP contribution in [-0.2, 0) is 20.6 Å². The summed E-state index contributed by atoms with van der Waals surface area (Å²) in [5, 5.41) is 19.4. The van der Waals surface area contributed by atoms with Crippen LogP contribution in [0.4, 0.5) is 10.1 Å². The first-order chi connectivity index (χ1) is 16.5. The largest absolute Gasteiger partial charge is 0.362 e. The molecule has 0 radical (unpaired) electrons. The monoisotopic (exact) mass is 483 g/mol. The molecular formula is C23H24FN6O3S+. The van der Waals surface area contributed by atoms with Gasteiger partial charge in [-0.25, -0.2) is 9.37 Å². The molecule has 0 spiro atoms. The Hall–Kier alpha value is -2.81. The Balaban J connectivity index is 1.48. The van der Waals surface area contributed by atoms with Crippen LogP contribution in [0.1, 0.15) is 59.3 Å². The molecule has 1 saturated carbocycles. The van der Waals surface area contributed by atoms with Gasteiger partial charge in [-0.2, -0.15) is 10.4 Å². The van der Waals surface area contributed by atoms with Crippen LogP contribution in [0.25, 0.3) is 0 Å². The first-order valence-electron chi connectivity index (χ1n) is 11.5. The average molecular weight is 484 g/mol. The Bertz CT molecular complexity index is 1210. The van der Waals surface area contributed by atoms with Crippen molar-refractivity contribution in [3.63, 3.8) is 0 Å². The number of nitrogens with one attached hydrogen (secondary N) is 2. The van der Waals surface area contributed by atoms with E-state index >= 15 is 4.39 Å². The molecule has 1 aromatic carbocycles. The number of anilines is 1. The van der Waals surface area contributed by atoms with E-state index in [0.29, 0.717) is 23.0 Å². The molecule has 2 aromatic rings. The van der Waals surface area contributed by atoms with Crippen molar-refractivity contribution in [1.29, 1.82) is 5.26 Å². The number of nitrogens with zero attached hydrogens (tertiary/aromatic N) is 4. The summed E-state index contributed by atoms with van der Waals surface area (Å²) in [6.07, 6.45) is 5.41. The molecule has 176 valence electrons. The predicted molar refractivity (Wildman–Crippen MR) is 121 cm³/mol. The molecule has 4 aliphatic rings. The number of rotatable bonds is 4. The third kappa shape index (κ3) is 3.20. The second-order valence-electron chi connectivity index (χ2n) is 9.30. The molecule has 0 bridgehead atoms. The van der Waals surface area contributed by atoms with Gasteiger partial charge in [-0.3, -0.25) is 14.7 Å². The molecule has 11 heteroatoms. The summed E-state index contributed by atoms with van der Waals surface area (Å²) >= 11 is -0.707. The molecule has 5 atom stereocenters. The van der Waals surface area contributed by atoms with Crippen LogP contribution in [0.2, 0.25) is 0 Å². The first kappa shape index (κ1) is 21.7. The number of ether oxygens (including phenoxy) is 1. The molecule has 2 N–H and O–H groups in total. The number of hydrogen-bond donors (Lipinski definition) is 2. The number of halogens is 1. The third-order valence-electron chi connectivity index (χ3n) is 7.32. The zero-order valence-corrected chi connectivity index (χ0v) is 19.4. The molecule has 2 fully saturated rings. The van der Waals surface area contributed by atoms with Crippen molar-refractivity contribution in [2.24, 2.45) is 5.92 Å². The van der Waals surface area contributed by atoms with E-state index in [1.54, 1.807) is 7.11 Å². The van der Waals surface area contributed by atoms with Crippen LogP contribution in [-0.4, -0.2) is 62.7 Å². The van der Waals surface area contributed by atoms with Gasteiger partial charge < -0.3 is 10.1 Å². The number of fused-ring (bicyclic) bond motifs is 3. The normalized spacial score (nSPS) is 31.0. The molecule has 0 amide bonds. The first-order valence-corrected chi connectivity index (χ1v) is 12.7. The molecule has 9 nitrogen and oxygen atoms in total. The summed E-state index contributed by atoms with van der Waals surface area (Å²) in [4.78, 5) is 30.0. The van der Waals surface area contributed by atoms with E-state index in [-0.39, 0.29) is 22.8 Å². The number of aromatic amines is 1. The number of hydrogen-bond acceptors (Lipinski definition) is 8. The van der Waals surface area contributed by atoms with Gasteiger partial charge in [0.25, 0.3) is 5.44 Å². The van der Waals surface area contributed by atoms with Crippen molar-refractivity contribution in [3.05, 3.63) is 35.2 Å². The number of aromatic nitrogens is 3. The zero-order valence-electron chi connectivity index (χ0n) is 18.6. The second-order valence-corrected chi connectivity index (χ2v) is 11.3. The van der Waals surface area contributed by atoms with Gasteiger partial charge in [0.05, 0.1) is 29.8 Å². The van der Waals surface area contributed by atoms with Gasteiger partial charge in [0.15, 0.2) is 11.9 Å². The van der Waals surface area contributed by atoms with Crippen LogP contribution >= 0.6 is 0 Å². The highest BCUT2D eigenvalue weighted by Gasteiger charge is 2.62. The van der Waals surface area contributed by atoms with Gasteiger partial charge in [0.2, 0.25) is 16.5 Å². The minimum atomic E-state index is -1.26. The van der Waals surface area contributed by atoms with Crippen molar-refractivity contribution in [2.75, 3.05) is 25.5 Å². The summed E-state index contributed by atoms with van der Waals surface area (Å²) < 4.78 is 24.2. The zero-order chi connectivity index (χ0) is 23.6. The Kier molecular flexibility index (Phi) is 5.20. The van der Waals surface area contributed by atoms with E-state index in [2.05, 4.69) is 24.8 Å². The smallest absolute Gasteiger partial charge is 0.250 e. The molecule has 3 aliphatic heterocycles. The lowest BCUT2D eigenvalue weighted by molar-refractivity contribution is -0.115. The summed E-state index contributed by atoms with van der Waals surface area (Å²) in [6.45, 7) is 1.49. The number of nitriles is 1. The summed E-state index contributed by atoms with van der Waals surface area (Å²) in [6, 6.07) is 1.80. The van der Waals surface area contributed by atoms with E-state index in [1.165, 1.54) is 12.4 Å². The standard InChI is InChI=1S/C23H23FN6O3S/c1-33-23-16(11-4-5-11)17-18-13(19(31)20(32)15(8-25)28-18)7-14(24)21(17)34(23)30-6-2-3-12(9-30)22-26-10-27-29-22/h7,10-12,15-16,23H,2-6,9H2,1H3,(H-,26,27,28,29,31)/p+1. The minimum Gasteiger partial charge on any atom is -0.362 e. The van der Waals surface area contributed by atoms with Gasteiger partial charge in [0, 0.05) is 25.1 Å². The minimum absolute atomic E-state index is 0.0249. The van der Waals surface area contributed by atoms with Gasteiger partial charge in [0.1, 0.15) is 23.2 Å². The summed E-state index contributed by atoms with van der Waals surface area (Å²) in [5.74, 6) is -0.936. The number of H-pyrrole nitrogens is 1. The van der Waals surface area contributed by atoms with Crippen molar-refractivity contribution < 1.29 is 18.7 Å². The number of benzene rings is 1. The van der Waals surface area contributed by atoms with Gasteiger partial charge in [-0.05, 0) is 37.7 Å². The van der Waals surface area contributed by atoms with Crippen molar-refractivity contribution in [3.8, 4) is 6.07 Å². The van der Waals surface area contributed by atoms with E-state index in [9.17, 15) is 14.9 Å². The third-order valence-corrected chi connectivity index (χ3v) is 9.97. The van der Waals surface area contributed by atoms with Crippen LogP contribution in [0.3, 0.4) is 0 Å². The lowest BCUT2D eigenvalue weighted by Gasteiger charge is -2.31. The van der Waals surface area contributed by atoms with E-state index in [4.69, 9.17) is 4.74 Å². The highest BCUT2D eigenvalue weighted by atomic mass is 32.2. The number of piperidine rings is 1.